The SMILES string of the molecule is NCCCS(=O)(=O)N1CCN(c2nccs2)CC1. The average Bonchev–Trinajstić information content (AvgIpc) is 2.90. The van der Waals surface area contributed by atoms with Crippen LogP contribution in [0.3, 0.4) is 0 Å². The Morgan fingerprint density at radius 2 is 2.06 bits per heavy atom. The van der Waals surface area contributed by atoms with Crippen LogP contribution in [0.4, 0.5) is 5.13 Å². The number of thiazole rings is 1. The van der Waals surface area contributed by atoms with Gasteiger partial charge in [0.2, 0.25) is 10.0 Å². The zero-order valence-corrected chi connectivity index (χ0v) is 11.8. The molecule has 8 heteroatoms. The molecule has 0 aromatic carbocycles. The molecule has 2 rings (SSSR count). The third-order valence-corrected chi connectivity index (χ3v) is 5.72. The molecule has 1 aromatic rings. The predicted molar refractivity (Wildman–Crippen MR) is 73.4 cm³/mol. The van der Waals surface area contributed by atoms with Crippen molar-refractivity contribution in [1.82, 2.24) is 9.29 Å². The van der Waals surface area contributed by atoms with E-state index in [0.717, 1.165) is 5.13 Å². The molecule has 0 unspecified atom stereocenters. The van der Waals surface area contributed by atoms with Crippen LogP contribution in [0.1, 0.15) is 6.42 Å². The maximum atomic E-state index is 12.0. The molecule has 102 valence electrons. The number of aromatic nitrogens is 1. The van der Waals surface area contributed by atoms with Crippen molar-refractivity contribution in [2.24, 2.45) is 5.73 Å². The van der Waals surface area contributed by atoms with Gasteiger partial charge in [0.15, 0.2) is 5.13 Å². The smallest absolute Gasteiger partial charge is 0.214 e. The first-order valence-corrected chi connectivity index (χ1v) is 8.45. The van der Waals surface area contributed by atoms with E-state index in [0.29, 0.717) is 39.1 Å². The minimum absolute atomic E-state index is 0.154. The molecule has 1 aliphatic rings. The first-order valence-electron chi connectivity index (χ1n) is 5.96. The summed E-state index contributed by atoms with van der Waals surface area (Å²) in [6.45, 7) is 2.89. The van der Waals surface area contributed by atoms with Gasteiger partial charge in [-0.3, -0.25) is 0 Å². The van der Waals surface area contributed by atoms with E-state index in [2.05, 4.69) is 9.88 Å². The number of nitrogens with two attached hydrogens (primary N) is 1. The Bertz CT molecular complexity index is 452. The van der Waals surface area contributed by atoms with Crippen molar-refractivity contribution in [3.8, 4) is 0 Å². The Morgan fingerprint density at radius 3 is 2.61 bits per heavy atom. The molecule has 0 atom stereocenters. The molecule has 0 radical (unpaired) electrons. The molecule has 0 aliphatic carbocycles. The van der Waals surface area contributed by atoms with E-state index < -0.39 is 10.0 Å². The molecule has 1 saturated heterocycles. The van der Waals surface area contributed by atoms with E-state index in [1.54, 1.807) is 21.8 Å². The van der Waals surface area contributed by atoms with Crippen molar-refractivity contribution < 1.29 is 8.42 Å². The van der Waals surface area contributed by atoms with Gasteiger partial charge in [-0.1, -0.05) is 0 Å². The first kappa shape index (κ1) is 13.7. The lowest BCUT2D eigenvalue weighted by Gasteiger charge is -2.33. The molecule has 0 amide bonds. The summed E-state index contributed by atoms with van der Waals surface area (Å²) in [7, 11) is -3.13. The highest BCUT2D eigenvalue weighted by molar-refractivity contribution is 7.89. The van der Waals surface area contributed by atoms with Crippen molar-refractivity contribution in [3.05, 3.63) is 11.6 Å². The number of sulfonamides is 1. The van der Waals surface area contributed by atoms with Gasteiger partial charge in [0, 0.05) is 37.8 Å². The molecule has 1 aliphatic heterocycles. The number of hydrogen-bond acceptors (Lipinski definition) is 6. The predicted octanol–water partition coefficient (Wildman–Crippen LogP) is -0.0563. The fourth-order valence-corrected chi connectivity index (χ4v) is 4.13. The van der Waals surface area contributed by atoms with Gasteiger partial charge in [0.1, 0.15) is 0 Å². The zero-order valence-electron chi connectivity index (χ0n) is 10.2. The largest absolute Gasteiger partial charge is 0.345 e. The Hall–Kier alpha value is -0.700. The van der Waals surface area contributed by atoms with Crippen LogP contribution in [0.15, 0.2) is 11.6 Å². The summed E-state index contributed by atoms with van der Waals surface area (Å²) in [5, 5.41) is 2.90. The standard InChI is InChI=1S/C10H18N4O2S2/c11-2-1-9-18(15,16)14-6-4-13(5-7-14)10-12-3-8-17-10/h3,8H,1-2,4-7,9,11H2. The lowest BCUT2D eigenvalue weighted by atomic mass is 10.4. The van der Waals surface area contributed by atoms with Crippen LogP contribution >= 0.6 is 11.3 Å². The van der Waals surface area contributed by atoms with E-state index in [4.69, 9.17) is 5.73 Å². The normalized spacial score (nSPS) is 18.2. The number of nitrogens with zero attached hydrogens (tertiary/aromatic N) is 3. The van der Waals surface area contributed by atoms with Crippen LogP contribution in [0.25, 0.3) is 0 Å². The van der Waals surface area contributed by atoms with E-state index in [1.165, 1.54) is 0 Å². The van der Waals surface area contributed by atoms with Crippen molar-refractivity contribution >= 4 is 26.5 Å². The molecule has 1 fully saturated rings. The second-order valence-corrected chi connectivity index (χ2v) is 7.12. The summed E-state index contributed by atoms with van der Waals surface area (Å²) in [5.74, 6) is 0.154. The highest BCUT2D eigenvalue weighted by Gasteiger charge is 2.26. The number of anilines is 1. The maximum absolute atomic E-state index is 12.0. The summed E-state index contributed by atoms with van der Waals surface area (Å²) >= 11 is 1.58. The summed E-state index contributed by atoms with van der Waals surface area (Å²) in [6, 6.07) is 0. The highest BCUT2D eigenvalue weighted by atomic mass is 32.2. The van der Waals surface area contributed by atoms with Crippen LogP contribution in [0, 0.1) is 0 Å². The topological polar surface area (TPSA) is 79.5 Å². The minimum Gasteiger partial charge on any atom is -0.345 e. The molecule has 2 heterocycles. The fourth-order valence-electron chi connectivity index (χ4n) is 1.92. The van der Waals surface area contributed by atoms with Crippen molar-refractivity contribution in [3.63, 3.8) is 0 Å². The van der Waals surface area contributed by atoms with Gasteiger partial charge in [0.25, 0.3) is 0 Å². The van der Waals surface area contributed by atoms with Gasteiger partial charge < -0.3 is 10.6 Å². The monoisotopic (exact) mass is 290 g/mol. The molecular formula is C10H18N4O2S2. The van der Waals surface area contributed by atoms with Gasteiger partial charge >= 0.3 is 0 Å². The van der Waals surface area contributed by atoms with Gasteiger partial charge in [-0.15, -0.1) is 11.3 Å². The quantitative estimate of drug-likeness (QED) is 0.822. The number of piperazine rings is 1. The van der Waals surface area contributed by atoms with Gasteiger partial charge in [-0.05, 0) is 13.0 Å². The van der Waals surface area contributed by atoms with Crippen molar-refractivity contribution in [2.45, 2.75) is 6.42 Å². The lowest BCUT2D eigenvalue weighted by molar-refractivity contribution is 0.384. The van der Waals surface area contributed by atoms with Crippen LogP contribution in [0.5, 0.6) is 0 Å². The van der Waals surface area contributed by atoms with E-state index in [9.17, 15) is 8.42 Å². The number of hydrogen-bond donors (Lipinski definition) is 1. The van der Waals surface area contributed by atoms with Gasteiger partial charge in [0.05, 0.1) is 5.75 Å². The summed E-state index contributed by atoms with van der Waals surface area (Å²) in [5.41, 5.74) is 5.35. The maximum Gasteiger partial charge on any atom is 0.214 e. The molecule has 1 aromatic heterocycles. The zero-order chi connectivity index (χ0) is 13.0. The molecule has 0 bridgehead atoms. The van der Waals surface area contributed by atoms with Crippen LogP contribution in [-0.2, 0) is 10.0 Å². The first-order chi connectivity index (χ1) is 8.63. The second-order valence-electron chi connectivity index (χ2n) is 4.16. The Kier molecular flexibility index (Phi) is 4.55. The molecule has 2 N–H and O–H groups in total. The Balaban J connectivity index is 1.90. The van der Waals surface area contributed by atoms with Gasteiger partial charge in [-0.2, -0.15) is 4.31 Å². The third-order valence-electron chi connectivity index (χ3n) is 2.93. The van der Waals surface area contributed by atoms with Crippen molar-refractivity contribution in [1.29, 1.82) is 0 Å². The summed E-state index contributed by atoms with van der Waals surface area (Å²) in [4.78, 5) is 6.36. The minimum atomic E-state index is -3.13. The van der Waals surface area contributed by atoms with Crippen molar-refractivity contribution in [2.75, 3.05) is 43.4 Å². The molecule has 6 nitrogen and oxygen atoms in total. The summed E-state index contributed by atoms with van der Waals surface area (Å²) in [6.07, 6.45) is 2.29. The van der Waals surface area contributed by atoms with Crippen LogP contribution < -0.4 is 10.6 Å². The van der Waals surface area contributed by atoms with E-state index in [-0.39, 0.29) is 5.75 Å². The number of rotatable bonds is 5. The van der Waals surface area contributed by atoms with E-state index in [1.807, 2.05) is 5.38 Å². The fraction of sp³-hybridized carbons (Fsp3) is 0.700. The Morgan fingerprint density at radius 1 is 1.33 bits per heavy atom. The van der Waals surface area contributed by atoms with Crippen LogP contribution in [0.2, 0.25) is 0 Å². The highest BCUT2D eigenvalue weighted by Crippen LogP contribution is 2.19. The average molecular weight is 290 g/mol. The van der Waals surface area contributed by atoms with E-state index >= 15 is 0 Å². The Labute approximate surface area is 111 Å². The summed E-state index contributed by atoms with van der Waals surface area (Å²) < 4.78 is 25.5. The molecule has 0 saturated carbocycles. The van der Waals surface area contributed by atoms with Crippen LogP contribution in [-0.4, -0.2) is 56.2 Å². The second kappa shape index (κ2) is 5.96. The third kappa shape index (κ3) is 3.19. The van der Waals surface area contributed by atoms with Gasteiger partial charge in [-0.25, -0.2) is 13.4 Å². The molecular weight excluding hydrogens is 272 g/mol. The lowest BCUT2D eigenvalue weighted by Crippen LogP contribution is -2.49. The molecule has 18 heavy (non-hydrogen) atoms. The molecule has 0 spiro atoms.